The molecule has 2 aromatic heterocycles. The Bertz CT molecular complexity index is 2240. The van der Waals surface area contributed by atoms with E-state index in [0.717, 1.165) is 122 Å². The lowest BCUT2D eigenvalue weighted by atomic mass is 9.89. The van der Waals surface area contributed by atoms with Crippen LogP contribution in [0.3, 0.4) is 0 Å². The van der Waals surface area contributed by atoms with Crippen LogP contribution in [0.2, 0.25) is 0 Å². The normalized spacial score (nSPS) is 27.0. The Hall–Kier alpha value is -5.74. The maximum absolute atomic E-state index is 14.4. The number of rotatable bonds is 11. The summed E-state index contributed by atoms with van der Waals surface area (Å²) in [6.07, 6.45) is 13.2. The number of hydrogen-bond donors (Lipinski definition) is 4. The van der Waals surface area contributed by atoms with Gasteiger partial charge in [-0.1, -0.05) is 48.5 Å². The summed E-state index contributed by atoms with van der Waals surface area (Å²) in [5.74, 6) is 0.914. The quantitative estimate of drug-likeness (QED) is 0.117. The summed E-state index contributed by atoms with van der Waals surface area (Å²) in [5.41, 5.74) is 5.73. The minimum atomic E-state index is -0.747. The van der Waals surface area contributed by atoms with E-state index >= 15 is 0 Å². The molecular formula is C50H62N8O8. The lowest BCUT2D eigenvalue weighted by molar-refractivity contribution is -0.141. The summed E-state index contributed by atoms with van der Waals surface area (Å²) in [6.45, 7) is 4.98. The number of hydrogen-bond acceptors (Lipinski definition) is 10. The van der Waals surface area contributed by atoms with Crippen LogP contribution in [0.1, 0.15) is 115 Å². The first kappa shape index (κ1) is 44.1. The summed E-state index contributed by atoms with van der Waals surface area (Å²) < 4.78 is 22.3. The summed E-state index contributed by atoms with van der Waals surface area (Å²) >= 11 is 0. The predicted molar refractivity (Wildman–Crippen MR) is 244 cm³/mol. The molecule has 6 fully saturated rings. The second kappa shape index (κ2) is 17.8. The van der Waals surface area contributed by atoms with Crippen LogP contribution in [0, 0.1) is 11.8 Å². The highest BCUT2D eigenvalue weighted by molar-refractivity contribution is 5.88. The molecular weight excluding hydrogens is 841 g/mol. The van der Waals surface area contributed by atoms with Crippen molar-refractivity contribution in [2.45, 2.75) is 138 Å². The number of benzene rings is 2. The van der Waals surface area contributed by atoms with Crippen LogP contribution in [0.4, 0.5) is 9.59 Å². The van der Waals surface area contributed by atoms with E-state index < -0.39 is 24.3 Å². The van der Waals surface area contributed by atoms with E-state index in [1.807, 2.05) is 22.2 Å². The third kappa shape index (κ3) is 8.69. The fourth-order valence-electron chi connectivity index (χ4n) is 11.1. The van der Waals surface area contributed by atoms with Gasteiger partial charge in [-0.3, -0.25) is 9.59 Å². The summed E-state index contributed by atoms with van der Waals surface area (Å²) in [4.78, 5) is 74.1. The zero-order valence-corrected chi connectivity index (χ0v) is 38.3. The number of nitrogens with one attached hydrogen (secondary N) is 4. The van der Waals surface area contributed by atoms with Gasteiger partial charge in [0, 0.05) is 23.9 Å². The van der Waals surface area contributed by atoms with E-state index in [1.54, 1.807) is 0 Å². The standard InChI is InChI=1S/C50H62N8O8/c1-29-5-15-39(57(29)45(59)41(55-47(61)63-3)35-17-19-49(21-22-49)65-27-35)43-51-25-37(53-43)33-11-7-31(8-12-33)32-9-13-34(14-10-32)38-26-52-44(54-38)40-16-6-30(2)58(40)46(60)42(56-48(62)64-4)36-18-20-50(23-24-50)66-28-36/h7-14,25-26,29-30,35-36,39-42H,5-6,15-24,27-28H2,1-4H3,(H,51,53)(H,52,54)(H,55,61)(H,56,62). The number of aromatic nitrogens is 4. The Morgan fingerprint density at radius 3 is 1.30 bits per heavy atom. The fourth-order valence-corrected chi connectivity index (χ4v) is 11.1. The zero-order valence-electron chi connectivity index (χ0n) is 38.3. The monoisotopic (exact) mass is 902 g/mol. The number of methoxy groups -OCH3 is 2. The Morgan fingerprint density at radius 1 is 0.591 bits per heavy atom. The minimum absolute atomic E-state index is 0.0222. The van der Waals surface area contributed by atoms with Gasteiger partial charge in [0.25, 0.3) is 0 Å². The van der Waals surface area contributed by atoms with E-state index in [9.17, 15) is 19.2 Å². The molecule has 4 saturated heterocycles. The summed E-state index contributed by atoms with van der Waals surface area (Å²) in [7, 11) is 2.63. The number of H-pyrrole nitrogens is 2. The van der Waals surface area contributed by atoms with Crippen molar-refractivity contribution in [3.63, 3.8) is 0 Å². The molecule has 2 aliphatic carbocycles. The lowest BCUT2D eigenvalue weighted by Crippen LogP contribution is -2.55. The maximum atomic E-state index is 14.4. The Labute approximate surface area is 385 Å². The van der Waals surface area contributed by atoms with Gasteiger partial charge in [0.15, 0.2) is 0 Å². The molecule has 66 heavy (non-hydrogen) atoms. The second-order valence-corrected chi connectivity index (χ2v) is 19.7. The van der Waals surface area contributed by atoms with Gasteiger partial charge in [0.1, 0.15) is 23.7 Å². The van der Waals surface area contributed by atoms with Gasteiger partial charge < -0.3 is 49.3 Å². The highest BCUT2D eigenvalue weighted by atomic mass is 16.5. The van der Waals surface area contributed by atoms with E-state index in [4.69, 9.17) is 28.9 Å². The molecule has 2 saturated carbocycles. The third-order valence-corrected chi connectivity index (χ3v) is 15.5. The topological polar surface area (TPSA) is 193 Å². The molecule has 16 nitrogen and oxygen atoms in total. The van der Waals surface area contributed by atoms with Crippen molar-refractivity contribution >= 4 is 24.0 Å². The van der Waals surface area contributed by atoms with Crippen molar-refractivity contribution in [1.82, 2.24) is 40.4 Å². The van der Waals surface area contributed by atoms with E-state index in [1.165, 1.54) is 14.2 Å². The number of alkyl carbamates (subject to hydrolysis) is 2. The SMILES string of the molecule is COC(=O)NC(C(=O)N1C(C)CCC1c1ncc(-c2ccc(-c3ccc(-c4cnc(C5CCC(C)N5C(=O)C(NC(=O)OC)C5CCC6(CC6)OC5)[nH]4)cc3)cc2)[nH]1)C1CCC2(CC2)OC1. The fraction of sp³-hybridized carbons (Fsp3) is 0.560. The number of carbonyl (C=O) groups excluding carboxylic acids is 4. The van der Waals surface area contributed by atoms with Crippen molar-refractivity contribution in [2.75, 3.05) is 27.4 Å². The van der Waals surface area contributed by atoms with Gasteiger partial charge >= 0.3 is 12.2 Å². The molecule has 6 heterocycles. The lowest BCUT2D eigenvalue weighted by Gasteiger charge is -2.37. The average molecular weight is 903 g/mol. The number of amides is 4. The van der Waals surface area contributed by atoms with Crippen molar-refractivity contribution in [3.05, 3.63) is 72.6 Å². The molecule has 4 aromatic rings. The molecule has 4 aliphatic heterocycles. The van der Waals surface area contributed by atoms with Gasteiger partial charge in [-0.05, 0) is 113 Å². The minimum Gasteiger partial charge on any atom is -0.453 e. The maximum Gasteiger partial charge on any atom is 0.407 e. The second-order valence-electron chi connectivity index (χ2n) is 19.7. The van der Waals surface area contributed by atoms with Crippen molar-refractivity contribution in [3.8, 4) is 33.6 Å². The highest BCUT2D eigenvalue weighted by Crippen LogP contribution is 2.49. The number of carbonyl (C=O) groups is 4. The first-order chi connectivity index (χ1) is 32.0. The van der Waals surface area contributed by atoms with Crippen molar-refractivity contribution < 1.29 is 38.1 Å². The molecule has 0 radical (unpaired) electrons. The Morgan fingerprint density at radius 2 is 0.970 bits per heavy atom. The van der Waals surface area contributed by atoms with Crippen LogP contribution in [-0.4, -0.2) is 117 Å². The molecule has 4 amide bonds. The van der Waals surface area contributed by atoms with Gasteiger partial charge in [-0.2, -0.15) is 0 Å². The average Bonchev–Trinajstić information content (AvgIpc) is 3.89. The largest absolute Gasteiger partial charge is 0.453 e. The number of ether oxygens (including phenoxy) is 4. The molecule has 350 valence electrons. The highest BCUT2D eigenvalue weighted by Gasteiger charge is 2.52. The molecule has 16 heteroatoms. The van der Waals surface area contributed by atoms with Crippen LogP contribution in [0.5, 0.6) is 0 Å². The number of imidazole rings is 2. The Balaban J connectivity index is 0.794. The molecule has 10 rings (SSSR count). The predicted octanol–water partition coefficient (Wildman–Crippen LogP) is 7.61. The van der Waals surface area contributed by atoms with Crippen LogP contribution in [0.15, 0.2) is 60.9 Å². The molecule has 8 unspecified atom stereocenters. The van der Waals surface area contributed by atoms with Gasteiger partial charge in [-0.15, -0.1) is 0 Å². The first-order valence-electron chi connectivity index (χ1n) is 23.9. The van der Waals surface area contributed by atoms with Gasteiger partial charge in [0.2, 0.25) is 11.8 Å². The van der Waals surface area contributed by atoms with Gasteiger partial charge in [0.05, 0.1) is 74.5 Å². The van der Waals surface area contributed by atoms with E-state index in [0.29, 0.717) is 13.2 Å². The Kier molecular flexibility index (Phi) is 11.9. The first-order valence-corrected chi connectivity index (χ1v) is 23.9. The third-order valence-electron chi connectivity index (χ3n) is 15.5. The van der Waals surface area contributed by atoms with Crippen molar-refractivity contribution in [2.24, 2.45) is 11.8 Å². The molecule has 0 bridgehead atoms. The summed E-state index contributed by atoms with van der Waals surface area (Å²) in [5, 5.41) is 5.71. The van der Waals surface area contributed by atoms with Gasteiger partial charge in [-0.25, -0.2) is 19.6 Å². The van der Waals surface area contributed by atoms with Crippen LogP contribution in [-0.2, 0) is 28.5 Å². The molecule has 4 N–H and O–H groups in total. The number of likely N-dealkylation sites (tertiary alicyclic amines) is 2. The molecule has 2 spiro atoms. The van der Waals surface area contributed by atoms with Crippen LogP contribution in [0.25, 0.3) is 33.6 Å². The zero-order chi connectivity index (χ0) is 45.7. The smallest absolute Gasteiger partial charge is 0.407 e. The molecule has 2 aromatic carbocycles. The van der Waals surface area contributed by atoms with Crippen molar-refractivity contribution in [1.29, 1.82) is 0 Å². The number of aromatic amines is 2. The van der Waals surface area contributed by atoms with Crippen LogP contribution < -0.4 is 10.6 Å². The molecule has 6 aliphatic rings. The molecule has 8 atom stereocenters. The summed E-state index contributed by atoms with van der Waals surface area (Å²) in [6, 6.07) is 14.6. The van der Waals surface area contributed by atoms with E-state index in [-0.39, 0.29) is 59.0 Å². The van der Waals surface area contributed by atoms with E-state index in [2.05, 4.69) is 83.0 Å². The van der Waals surface area contributed by atoms with Crippen LogP contribution >= 0.6 is 0 Å². The number of nitrogens with zero attached hydrogens (tertiary/aromatic N) is 4.